The van der Waals surface area contributed by atoms with Crippen LogP contribution in [0.15, 0.2) is 27.8 Å². The molecule has 2 N–H and O–H groups in total. The van der Waals surface area contributed by atoms with Crippen molar-refractivity contribution in [2.45, 2.75) is 69.4 Å². The molecule has 4 nitrogen and oxygen atoms in total. The molecule has 0 aliphatic carbocycles. The third kappa shape index (κ3) is 2.68. The van der Waals surface area contributed by atoms with E-state index in [0.717, 1.165) is 37.5 Å². The van der Waals surface area contributed by atoms with Gasteiger partial charge in [0.2, 0.25) is 0 Å². The predicted molar refractivity (Wildman–Crippen MR) is 96.4 cm³/mol. The zero-order valence-electron chi connectivity index (χ0n) is 14.7. The van der Waals surface area contributed by atoms with E-state index in [2.05, 4.69) is 31.8 Å². The normalized spacial score (nSPS) is 30.7. The SMILES string of the molecule is CC[Si](CC)(CC)[C@]1(Cc2ccco2)CC2C(=NCCC2N)O1. The second kappa shape index (κ2) is 6.44. The van der Waals surface area contributed by atoms with Crippen LogP contribution >= 0.6 is 0 Å². The van der Waals surface area contributed by atoms with E-state index in [9.17, 15) is 0 Å². The van der Waals surface area contributed by atoms with Crippen molar-refractivity contribution in [3.63, 3.8) is 0 Å². The molecule has 23 heavy (non-hydrogen) atoms. The van der Waals surface area contributed by atoms with Crippen molar-refractivity contribution < 1.29 is 9.15 Å². The molecule has 0 saturated carbocycles. The maximum atomic E-state index is 6.71. The minimum Gasteiger partial charge on any atom is -0.478 e. The van der Waals surface area contributed by atoms with Gasteiger partial charge in [0.25, 0.3) is 0 Å². The summed E-state index contributed by atoms with van der Waals surface area (Å²) in [5.74, 6) is 2.27. The maximum Gasteiger partial charge on any atom is 0.188 e. The Morgan fingerprint density at radius 1 is 1.30 bits per heavy atom. The molecule has 0 bridgehead atoms. The Hall–Kier alpha value is -1.07. The number of hydrogen-bond donors (Lipinski definition) is 1. The molecule has 1 aromatic heterocycles. The molecule has 0 radical (unpaired) electrons. The van der Waals surface area contributed by atoms with Crippen molar-refractivity contribution in [3.8, 4) is 0 Å². The highest BCUT2D eigenvalue weighted by Gasteiger charge is 2.59. The van der Waals surface area contributed by atoms with Gasteiger partial charge in [0.15, 0.2) is 5.90 Å². The Labute approximate surface area is 140 Å². The fourth-order valence-corrected chi connectivity index (χ4v) is 9.76. The zero-order valence-corrected chi connectivity index (χ0v) is 15.7. The van der Waals surface area contributed by atoms with Crippen LogP contribution < -0.4 is 5.73 Å². The molecule has 3 heterocycles. The molecule has 2 aliphatic heterocycles. The number of nitrogens with zero attached hydrogens (tertiary/aromatic N) is 1. The molecule has 1 fully saturated rings. The fourth-order valence-electron chi connectivity index (χ4n) is 4.80. The molecule has 1 saturated heterocycles. The standard InChI is InChI=1S/C18H30N2O2Si/c1-4-23(5-2,6-3)18(12-14-8-7-11-21-14)13-15-16(19)9-10-20-17(15)22-18/h7-8,11,15-16H,4-6,9-10,12-13,19H2,1-3H3/t15?,16?,18-/m1/s1. The summed E-state index contributed by atoms with van der Waals surface area (Å²) < 4.78 is 12.4. The van der Waals surface area contributed by atoms with E-state index < -0.39 is 8.07 Å². The van der Waals surface area contributed by atoms with Crippen LogP contribution in [0.25, 0.3) is 0 Å². The van der Waals surface area contributed by atoms with Crippen LogP contribution in [0.1, 0.15) is 39.4 Å². The average Bonchev–Trinajstić information content (AvgIpc) is 3.19. The molecular weight excluding hydrogens is 304 g/mol. The molecule has 2 aliphatic rings. The molecule has 0 aromatic carbocycles. The van der Waals surface area contributed by atoms with Crippen molar-refractivity contribution in [1.82, 2.24) is 0 Å². The Morgan fingerprint density at radius 3 is 2.61 bits per heavy atom. The largest absolute Gasteiger partial charge is 0.478 e. The van der Waals surface area contributed by atoms with Gasteiger partial charge < -0.3 is 14.9 Å². The topological polar surface area (TPSA) is 60.8 Å². The first-order chi connectivity index (χ1) is 11.1. The highest BCUT2D eigenvalue weighted by atomic mass is 28.3. The van der Waals surface area contributed by atoms with E-state index in [4.69, 9.17) is 14.9 Å². The van der Waals surface area contributed by atoms with Crippen LogP contribution in [0.4, 0.5) is 0 Å². The summed E-state index contributed by atoms with van der Waals surface area (Å²) in [5, 5.41) is -0.117. The van der Waals surface area contributed by atoms with Crippen LogP contribution in [0, 0.1) is 5.92 Å². The smallest absolute Gasteiger partial charge is 0.188 e. The molecule has 3 rings (SSSR count). The van der Waals surface area contributed by atoms with Gasteiger partial charge in [-0.1, -0.05) is 38.9 Å². The van der Waals surface area contributed by atoms with Crippen LogP contribution in [0.3, 0.4) is 0 Å². The molecule has 2 unspecified atom stereocenters. The second-order valence-corrected chi connectivity index (χ2v) is 12.8. The third-order valence-electron chi connectivity index (χ3n) is 6.45. The van der Waals surface area contributed by atoms with Crippen LogP contribution in [-0.4, -0.2) is 31.8 Å². The first kappa shape index (κ1) is 16.8. The number of furan rings is 1. The van der Waals surface area contributed by atoms with Crippen LogP contribution in [-0.2, 0) is 11.2 Å². The second-order valence-electron chi connectivity index (χ2n) is 7.18. The van der Waals surface area contributed by atoms with Crippen molar-refractivity contribution in [2.24, 2.45) is 16.6 Å². The van der Waals surface area contributed by atoms with E-state index in [-0.39, 0.29) is 11.3 Å². The fraction of sp³-hybridized carbons (Fsp3) is 0.722. The van der Waals surface area contributed by atoms with Gasteiger partial charge in [0.1, 0.15) is 19.1 Å². The number of nitrogens with two attached hydrogens (primary N) is 1. The molecule has 3 atom stereocenters. The monoisotopic (exact) mass is 334 g/mol. The predicted octanol–water partition coefficient (Wildman–Crippen LogP) is 3.77. The minimum absolute atomic E-state index is 0.117. The summed E-state index contributed by atoms with van der Waals surface area (Å²) in [5.41, 5.74) is 6.41. The molecule has 1 aromatic rings. The van der Waals surface area contributed by atoms with Crippen molar-refractivity contribution in [2.75, 3.05) is 6.54 Å². The minimum atomic E-state index is -1.63. The zero-order chi connectivity index (χ0) is 16.5. The maximum absolute atomic E-state index is 6.71. The van der Waals surface area contributed by atoms with E-state index in [1.807, 2.05) is 6.07 Å². The third-order valence-corrected chi connectivity index (χ3v) is 12.9. The molecule has 5 heteroatoms. The van der Waals surface area contributed by atoms with Gasteiger partial charge in [0.05, 0.1) is 12.2 Å². The first-order valence-electron chi connectivity index (χ1n) is 9.11. The number of hydrogen-bond acceptors (Lipinski definition) is 4. The van der Waals surface area contributed by atoms with E-state index in [1.165, 1.54) is 18.1 Å². The Morgan fingerprint density at radius 2 is 2.04 bits per heavy atom. The lowest BCUT2D eigenvalue weighted by Crippen LogP contribution is -2.59. The van der Waals surface area contributed by atoms with Gasteiger partial charge in [-0.05, 0) is 25.0 Å². The Kier molecular flexibility index (Phi) is 4.69. The van der Waals surface area contributed by atoms with Gasteiger partial charge in [-0.15, -0.1) is 0 Å². The number of fused-ring (bicyclic) bond motifs is 1. The van der Waals surface area contributed by atoms with Crippen LogP contribution in [0.5, 0.6) is 0 Å². The lowest BCUT2D eigenvalue weighted by molar-refractivity contribution is 0.146. The lowest BCUT2D eigenvalue weighted by atomic mass is 9.91. The molecule has 0 spiro atoms. The summed E-state index contributed by atoms with van der Waals surface area (Å²) in [7, 11) is -1.63. The van der Waals surface area contributed by atoms with E-state index in [1.54, 1.807) is 6.26 Å². The Bertz CT molecular complexity index is 545. The summed E-state index contributed by atoms with van der Waals surface area (Å²) >= 11 is 0. The molecular formula is C18H30N2O2Si. The molecule has 0 amide bonds. The van der Waals surface area contributed by atoms with Crippen molar-refractivity contribution >= 4 is 14.0 Å². The number of ether oxygens (including phenoxy) is 1. The van der Waals surface area contributed by atoms with Gasteiger partial charge in [0, 0.05) is 19.0 Å². The lowest BCUT2D eigenvalue weighted by Gasteiger charge is -2.45. The summed E-state index contributed by atoms with van der Waals surface area (Å²) in [6.07, 6.45) is 4.63. The molecule has 128 valence electrons. The summed E-state index contributed by atoms with van der Waals surface area (Å²) in [6, 6.07) is 7.94. The highest BCUT2D eigenvalue weighted by molar-refractivity contribution is 6.82. The van der Waals surface area contributed by atoms with E-state index >= 15 is 0 Å². The van der Waals surface area contributed by atoms with Crippen molar-refractivity contribution in [1.29, 1.82) is 0 Å². The number of rotatable bonds is 6. The van der Waals surface area contributed by atoms with Crippen LogP contribution in [0.2, 0.25) is 18.1 Å². The summed E-state index contributed by atoms with van der Waals surface area (Å²) in [6.45, 7) is 7.84. The summed E-state index contributed by atoms with van der Waals surface area (Å²) in [4.78, 5) is 4.69. The Balaban J connectivity index is 2.01. The van der Waals surface area contributed by atoms with Gasteiger partial charge in [-0.2, -0.15) is 0 Å². The quantitative estimate of drug-likeness (QED) is 0.806. The van der Waals surface area contributed by atoms with E-state index in [0.29, 0.717) is 5.92 Å². The number of aliphatic imine (C=N–C) groups is 1. The van der Waals surface area contributed by atoms with Gasteiger partial charge >= 0.3 is 0 Å². The van der Waals surface area contributed by atoms with Gasteiger partial charge in [-0.3, -0.25) is 4.99 Å². The first-order valence-corrected chi connectivity index (χ1v) is 11.7. The highest BCUT2D eigenvalue weighted by Crippen LogP contribution is 2.48. The average molecular weight is 335 g/mol. The van der Waals surface area contributed by atoms with Gasteiger partial charge in [-0.25, -0.2) is 0 Å². The van der Waals surface area contributed by atoms with Crippen molar-refractivity contribution in [3.05, 3.63) is 24.2 Å².